The molecule has 2 aliphatic heterocycles. The van der Waals surface area contributed by atoms with Crippen LogP contribution in [0.5, 0.6) is 5.75 Å². The molecule has 2 atom stereocenters. The van der Waals surface area contributed by atoms with Gasteiger partial charge in [-0.25, -0.2) is 15.4 Å². The molecule has 3 rings (SSSR count). The summed E-state index contributed by atoms with van der Waals surface area (Å²) < 4.78 is 10.6. The number of amides is 2. The van der Waals surface area contributed by atoms with Gasteiger partial charge in [0.15, 0.2) is 0 Å². The van der Waals surface area contributed by atoms with Gasteiger partial charge in [-0.15, -0.1) is 0 Å². The Hall–Kier alpha value is -2.28. The molecule has 2 aliphatic rings. The number of ether oxygens (including phenoxy) is 2. The Morgan fingerprint density at radius 1 is 1.14 bits per heavy atom. The molecule has 22 heavy (non-hydrogen) atoms. The molecule has 2 amide bonds. The first-order chi connectivity index (χ1) is 10.7. The molecule has 0 radical (unpaired) electrons. The summed E-state index contributed by atoms with van der Waals surface area (Å²) in [5, 5.41) is 0. The summed E-state index contributed by atoms with van der Waals surface area (Å²) in [5.74, 6) is 5.56. The van der Waals surface area contributed by atoms with Crippen molar-refractivity contribution in [1.82, 2.24) is 10.3 Å². The number of para-hydroxylation sites is 1. The molecule has 2 bridgehead atoms. The predicted molar refractivity (Wildman–Crippen MR) is 77.9 cm³/mol. The summed E-state index contributed by atoms with van der Waals surface area (Å²) in [7, 11) is 0. The first-order valence-electron chi connectivity index (χ1n) is 7.40. The molecule has 2 unspecified atom stereocenters. The maximum atomic E-state index is 12.4. The average molecular weight is 305 g/mol. The van der Waals surface area contributed by atoms with E-state index < -0.39 is 6.09 Å². The van der Waals surface area contributed by atoms with Gasteiger partial charge >= 0.3 is 12.2 Å². The zero-order valence-corrected chi connectivity index (χ0v) is 12.1. The summed E-state index contributed by atoms with van der Waals surface area (Å²) >= 11 is 0. The van der Waals surface area contributed by atoms with Gasteiger partial charge in [0.05, 0.1) is 0 Å². The number of carbonyl (C=O) groups is 2. The van der Waals surface area contributed by atoms with Crippen LogP contribution in [-0.4, -0.2) is 35.3 Å². The highest BCUT2D eigenvalue weighted by Gasteiger charge is 2.45. The molecule has 2 heterocycles. The van der Waals surface area contributed by atoms with Crippen molar-refractivity contribution >= 4 is 12.2 Å². The zero-order chi connectivity index (χ0) is 15.5. The van der Waals surface area contributed by atoms with Crippen LogP contribution in [0.15, 0.2) is 30.3 Å². The molecule has 3 N–H and O–H groups in total. The minimum Gasteiger partial charge on any atom is -0.445 e. The third-order valence-electron chi connectivity index (χ3n) is 4.24. The van der Waals surface area contributed by atoms with Crippen LogP contribution in [-0.2, 0) is 4.74 Å². The molecule has 1 aromatic carbocycles. The van der Waals surface area contributed by atoms with E-state index in [1.165, 1.54) is 0 Å². The minimum absolute atomic E-state index is 0.0468. The minimum atomic E-state index is -0.635. The molecule has 1 aromatic rings. The van der Waals surface area contributed by atoms with Crippen LogP contribution in [0, 0.1) is 0 Å². The molecule has 0 aromatic heterocycles. The first-order valence-corrected chi connectivity index (χ1v) is 7.40. The Morgan fingerprint density at radius 2 is 1.77 bits per heavy atom. The monoisotopic (exact) mass is 305 g/mol. The maximum Gasteiger partial charge on any atom is 0.421 e. The van der Waals surface area contributed by atoms with Gasteiger partial charge in [-0.2, -0.15) is 0 Å². The third-order valence-corrected chi connectivity index (χ3v) is 4.24. The summed E-state index contributed by atoms with van der Waals surface area (Å²) in [4.78, 5) is 25.4. The van der Waals surface area contributed by atoms with Crippen LogP contribution in [0.25, 0.3) is 0 Å². The van der Waals surface area contributed by atoms with E-state index in [4.69, 9.17) is 15.3 Å². The lowest BCUT2D eigenvalue weighted by Crippen LogP contribution is -2.50. The second kappa shape index (κ2) is 6.23. The number of nitrogens with two attached hydrogens (primary N) is 1. The summed E-state index contributed by atoms with van der Waals surface area (Å²) in [6.45, 7) is 0. The van der Waals surface area contributed by atoms with Crippen molar-refractivity contribution in [1.29, 1.82) is 0 Å². The van der Waals surface area contributed by atoms with Crippen LogP contribution in [0.3, 0.4) is 0 Å². The van der Waals surface area contributed by atoms with Crippen molar-refractivity contribution in [2.75, 3.05) is 0 Å². The van der Waals surface area contributed by atoms with Crippen LogP contribution < -0.4 is 16.0 Å². The van der Waals surface area contributed by atoms with Crippen LogP contribution in [0.4, 0.5) is 9.59 Å². The zero-order valence-electron chi connectivity index (χ0n) is 12.1. The summed E-state index contributed by atoms with van der Waals surface area (Å²) in [6, 6.07) is 9.11. The van der Waals surface area contributed by atoms with Crippen LogP contribution >= 0.6 is 0 Å². The normalized spacial score (nSPS) is 26.4. The predicted octanol–water partition coefficient (Wildman–Crippen LogP) is 1.78. The van der Waals surface area contributed by atoms with E-state index in [2.05, 4.69) is 0 Å². The van der Waals surface area contributed by atoms with Gasteiger partial charge in [0.2, 0.25) is 0 Å². The topological polar surface area (TPSA) is 93.9 Å². The SMILES string of the molecule is NNC(=O)OC1CC2CCC(C1)N2C(=O)Oc1ccccc1. The highest BCUT2D eigenvalue weighted by molar-refractivity contribution is 5.72. The van der Waals surface area contributed by atoms with Gasteiger partial charge in [0.1, 0.15) is 11.9 Å². The van der Waals surface area contributed by atoms with Gasteiger partial charge in [-0.1, -0.05) is 18.2 Å². The van der Waals surface area contributed by atoms with Crippen molar-refractivity contribution < 1.29 is 19.1 Å². The van der Waals surface area contributed by atoms with Crippen molar-refractivity contribution in [2.45, 2.75) is 43.9 Å². The molecule has 7 nitrogen and oxygen atoms in total. The van der Waals surface area contributed by atoms with Crippen molar-refractivity contribution in [3.8, 4) is 5.75 Å². The molecule has 0 aliphatic carbocycles. The van der Waals surface area contributed by atoms with Gasteiger partial charge in [0, 0.05) is 24.9 Å². The number of carbonyl (C=O) groups excluding carboxylic acids is 2. The van der Waals surface area contributed by atoms with E-state index in [9.17, 15) is 9.59 Å². The highest BCUT2D eigenvalue weighted by Crippen LogP contribution is 2.37. The number of nitrogens with zero attached hydrogens (tertiary/aromatic N) is 1. The number of piperidine rings is 1. The quantitative estimate of drug-likeness (QED) is 0.493. The smallest absolute Gasteiger partial charge is 0.421 e. The summed E-state index contributed by atoms with van der Waals surface area (Å²) in [5.41, 5.74) is 1.96. The fraction of sp³-hybridized carbons (Fsp3) is 0.467. The van der Waals surface area contributed by atoms with Gasteiger partial charge in [-0.3, -0.25) is 5.43 Å². The van der Waals surface area contributed by atoms with Gasteiger partial charge in [-0.05, 0) is 25.0 Å². The van der Waals surface area contributed by atoms with E-state index in [1.54, 1.807) is 17.0 Å². The number of benzene rings is 1. The van der Waals surface area contributed by atoms with Crippen molar-refractivity contribution in [3.05, 3.63) is 30.3 Å². The maximum absolute atomic E-state index is 12.4. The van der Waals surface area contributed by atoms with Gasteiger partial charge < -0.3 is 14.4 Å². The largest absolute Gasteiger partial charge is 0.445 e. The number of hydrazine groups is 1. The Balaban J connectivity index is 1.62. The Kier molecular flexibility index (Phi) is 4.15. The molecular formula is C15H19N3O4. The van der Waals surface area contributed by atoms with Crippen LogP contribution in [0.1, 0.15) is 25.7 Å². The lowest BCUT2D eigenvalue weighted by atomic mass is 10.0. The number of fused-ring (bicyclic) bond motifs is 2. The second-order valence-corrected chi connectivity index (χ2v) is 5.62. The van der Waals surface area contributed by atoms with E-state index >= 15 is 0 Å². The third kappa shape index (κ3) is 2.99. The fourth-order valence-corrected chi connectivity index (χ4v) is 3.35. The standard InChI is InChI=1S/C15H19N3O4/c16-17-14(19)21-13-8-10-6-7-11(9-13)18(10)15(20)22-12-4-2-1-3-5-12/h1-5,10-11,13H,6-9,16H2,(H,17,19). The molecule has 0 saturated carbocycles. The lowest BCUT2D eigenvalue weighted by molar-refractivity contribution is 0.0241. The molecule has 7 heteroatoms. The van der Waals surface area contributed by atoms with E-state index in [0.29, 0.717) is 18.6 Å². The van der Waals surface area contributed by atoms with Crippen molar-refractivity contribution in [2.24, 2.45) is 5.84 Å². The Labute approximate surface area is 128 Å². The molecule has 118 valence electrons. The van der Waals surface area contributed by atoms with E-state index in [1.807, 2.05) is 23.6 Å². The van der Waals surface area contributed by atoms with E-state index in [-0.39, 0.29) is 24.3 Å². The number of nitrogens with one attached hydrogen (secondary N) is 1. The van der Waals surface area contributed by atoms with Gasteiger partial charge in [0.25, 0.3) is 0 Å². The molecule has 0 spiro atoms. The highest BCUT2D eigenvalue weighted by atomic mass is 16.6. The Bertz CT molecular complexity index is 537. The number of hydrogen-bond donors (Lipinski definition) is 2. The lowest BCUT2D eigenvalue weighted by Gasteiger charge is -2.37. The molecule has 2 fully saturated rings. The van der Waals surface area contributed by atoms with Crippen molar-refractivity contribution in [3.63, 3.8) is 0 Å². The first kappa shape index (κ1) is 14.6. The Morgan fingerprint density at radius 3 is 2.36 bits per heavy atom. The van der Waals surface area contributed by atoms with Crippen LogP contribution in [0.2, 0.25) is 0 Å². The number of rotatable bonds is 2. The second-order valence-electron chi connectivity index (χ2n) is 5.62. The fourth-order valence-electron chi connectivity index (χ4n) is 3.35. The molecular weight excluding hydrogens is 286 g/mol. The molecule has 2 saturated heterocycles. The summed E-state index contributed by atoms with van der Waals surface area (Å²) in [6.07, 6.45) is 1.87. The number of hydrogen-bond acceptors (Lipinski definition) is 5. The van der Waals surface area contributed by atoms with E-state index in [0.717, 1.165) is 12.8 Å². The average Bonchev–Trinajstić information content (AvgIpc) is 2.80.